The number of hydrogen-bond acceptors (Lipinski definition) is 4. The lowest BCUT2D eigenvalue weighted by atomic mass is 10.3. The van der Waals surface area contributed by atoms with Crippen LogP contribution in [0.5, 0.6) is 5.75 Å². The SMILES string of the molecule is OCCCN(O)Oc1ccccc1. The minimum Gasteiger partial charge on any atom is -0.396 e. The van der Waals surface area contributed by atoms with Crippen molar-refractivity contribution in [1.82, 2.24) is 5.23 Å². The van der Waals surface area contributed by atoms with Crippen LogP contribution in [-0.4, -0.2) is 28.7 Å². The molecule has 0 aliphatic rings. The van der Waals surface area contributed by atoms with Gasteiger partial charge in [-0.15, -0.1) is 0 Å². The van der Waals surface area contributed by atoms with E-state index >= 15 is 0 Å². The second kappa shape index (κ2) is 5.53. The van der Waals surface area contributed by atoms with Crippen molar-refractivity contribution in [2.45, 2.75) is 6.42 Å². The standard InChI is InChI=1S/C9H13NO3/c11-8-4-7-10(12)13-9-5-2-1-3-6-9/h1-3,5-6,11-12H,4,7-8H2. The molecule has 0 saturated carbocycles. The van der Waals surface area contributed by atoms with Crippen LogP contribution in [-0.2, 0) is 0 Å². The van der Waals surface area contributed by atoms with Crippen molar-refractivity contribution in [3.8, 4) is 5.75 Å². The van der Waals surface area contributed by atoms with Crippen LogP contribution >= 0.6 is 0 Å². The molecule has 0 spiro atoms. The number of hydroxylamine groups is 2. The molecule has 0 unspecified atom stereocenters. The Morgan fingerprint density at radius 2 is 1.92 bits per heavy atom. The van der Waals surface area contributed by atoms with Gasteiger partial charge in [-0.25, -0.2) is 0 Å². The lowest BCUT2D eigenvalue weighted by molar-refractivity contribution is -0.282. The van der Waals surface area contributed by atoms with Crippen molar-refractivity contribution >= 4 is 0 Å². The molecule has 4 heteroatoms. The van der Waals surface area contributed by atoms with Crippen molar-refractivity contribution in [3.05, 3.63) is 30.3 Å². The highest BCUT2D eigenvalue weighted by molar-refractivity contribution is 5.20. The van der Waals surface area contributed by atoms with Gasteiger partial charge in [-0.05, 0) is 23.8 Å². The van der Waals surface area contributed by atoms with Gasteiger partial charge in [-0.2, -0.15) is 0 Å². The van der Waals surface area contributed by atoms with E-state index in [4.69, 9.17) is 15.2 Å². The summed E-state index contributed by atoms with van der Waals surface area (Å²) in [6.07, 6.45) is 0.476. The maximum atomic E-state index is 9.13. The fraction of sp³-hybridized carbons (Fsp3) is 0.333. The number of rotatable bonds is 5. The summed E-state index contributed by atoms with van der Waals surface area (Å²) < 4.78 is 0. The van der Waals surface area contributed by atoms with Crippen LogP contribution in [0.1, 0.15) is 6.42 Å². The third-order valence-corrected chi connectivity index (χ3v) is 1.46. The normalized spacial score (nSPS) is 10.4. The van der Waals surface area contributed by atoms with Crippen molar-refractivity contribution in [2.24, 2.45) is 0 Å². The first kappa shape index (κ1) is 9.98. The Morgan fingerprint density at radius 3 is 2.54 bits per heavy atom. The summed E-state index contributed by atoms with van der Waals surface area (Å²) in [6.45, 7) is 0.320. The average Bonchev–Trinajstić information content (AvgIpc) is 2.16. The molecule has 0 aromatic heterocycles. The molecule has 1 rings (SSSR count). The van der Waals surface area contributed by atoms with Gasteiger partial charge in [-0.1, -0.05) is 18.2 Å². The molecular formula is C9H13NO3. The van der Waals surface area contributed by atoms with Crippen LogP contribution < -0.4 is 4.84 Å². The highest BCUT2D eigenvalue weighted by atomic mass is 16.9. The topological polar surface area (TPSA) is 52.9 Å². The van der Waals surface area contributed by atoms with Gasteiger partial charge in [0, 0.05) is 6.61 Å². The van der Waals surface area contributed by atoms with Crippen LogP contribution in [0.4, 0.5) is 0 Å². The molecule has 0 heterocycles. The van der Waals surface area contributed by atoms with E-state index < -0.39 is 0 Å². The van der Waals surface area contributed by atoms with Gasteiger partial charge in [-0.3, -0.25) is 5.21 Å². The second-order valence-electron chi connectivity index (χ2n) is 2.56. The Kier molecular flexibility index (Phi) is 4.25. The lowest BCUT2D eigenvalue weighted by Crippen LogP contribution is -2.25. The van der Waals surface area contributed by atoms with Crippen molar-refractivity contribution in [2.75, 3.05) is 13.2 Å². The van der Waals surface area contributed by atoms with Gasteiger partial charge in [0.1, 0.15) is 0 Å². The molecule has 0 atom stereocenters. The summed E-state index contributed by atoms with van der Waals surface area (Å²) in [4.78, 5) is 4.99. The van der Waals surface area contributed by atoms with Gasteiger partial charge in [0.15, 0.2) is 5.75 Å². The van der Waals surface area contributed by atoms with E-state index in [-0.39, 0.29) is 13.2 Å². The average molecular weight is 183 g/mol. The minimum atomic E-state index is 0.0369. The zero-order chi connectivity index (χ0) is 9.52. The number of aliphatic hydroxyl groups excluding tert-OH is 1. The van der Waals surface area contributed by atoms with Gasteiger partial charge < -0.3 is 9.94 Å². The molecule has 0 saturated heterocycles. The third kappa shape index (κ3) is 3.89. The number of para-hydroxylation sites is 1. The smallest absolute Gasteiger partial charge is 0.150 e. The number of aliphatic hydroxyl groups is 1. The predicted octanol–water partition coefficient (Wildman–Crippen LogP) is 1.05. The molecular weight excluding hydrogens is 170 g/mol. The molecule has 0 aliphatic carbocycles. The molecule has 0 amide bonds. The summed E-state index contributed by atoms with van der Waals surface area (Å²) in [6, 6.07) is 8.97. The quantitative estimate of drug-likeness (QED) is 0.670. The van der Waals surface area contributed by atoms with Crippen LogP contribution in [0.2, 0.25) is 0 Å². The summed E-state index contributed by atoms with van der Waals surface area (Å²) in [5.41, 5.74) is 0. The maximum absolute atomic E-state index is 9.13. The van der Waals surface area contributed by atoms with Crippen molar-refractivity contribution in [1.29, 1.82) is 0 Å². The van der Waals surface area contributed by atoms with E-state index in [1.165, 1.54) is 0 Å². The largest absolute Gasteiger partial charge is 0.396 e. The molecule has 13 heavy (non-hydrogen) atoms. The summed E-state index contributed by atoms with van der Waals surface area (Å²) in [5.74, 6) is 0.572. The van der Waals surface area contributed by atoms with E-state index in [1.807, 2.05) is 18.2 Å². The van der Waals surface area contributed by atoms with Gasteiger partial charge in [0.2, 0.25) is 0 Å². The zero-order valence-electron chi connectivity index (χ0n) is 7.26. The van der Waals surface area contributed by atoms with Crippen molar-refractivity contribution in [3.63, 3.8) is 0 Å². The first-order valence-corrected chi connectivity index (χ1v) is 4.13. The third-order valence-electron chi connectivity index (χ3n) is 1.46. The summed E-state index contributed by atoms with van der Waals surface area (Å²) >= 11 is 0. The van der Waals surface area contributed by atoms with Crippen LogP contribution in [0, 0.1) is 0 Å². The fourth-order valence-corrected chi connectivity index (χ4v) is 0.855. The number of nitrogens with zero attached hydrogens (tertiary/aromatic N) is 1. The molecule has 0 fully saturated rings. The number of hydrogen-bond donors (Lipinski definition) is 2. The zero-order valence-corrected chi connectivity index (χ0v) is 7.26. The molecule has 72 valence electrons. The van der Waals surface area contributed by atoms with Crippen molar-refractivity contribution < 1.29 is 15.2 Å². The van der Waals surface area contributed by atoms with E-state index in [1.54, 1.807) is 12.1 Å². The van der Waals surface area contributed by atoms with Crippen LogP contribution in [0.25, 0.3) is 0 Å². The van der Waals surface area contributed by atoms with Crippen LogP contribution in [0.15, 0.2) is 30.3 Å². The molecule has 2 N–H and O–H groups in total. The Morgan fingerprint density at radius 1 is 1.23 bits per heavy atom. The van der Waals surface area contributed by atoms with Gasteiger partial charge in [0.25, 0.3) is 0 Å². The van der Waals surface area contributed by atoms with E-state index in [0.29, 0.717) is 17.4 Å². The molecule has 4 nitrogen and oxygen atoms in total. The van der Waals surface area contributed by atoms with E-state index in [9.17, 15) is 0 Å². The minimum absolute atomic E-state index is 0.0369. The Labute approximate surface area is 76.9 Å². The molecule has 0 bridgehead atoms. The summed E-state index contributed by atoms with van der Waals surface area (Å²) in [5, 5.41) is 18.3. The molecule has 0 aliphatic heterocycles. The Hall–Kier alpha value is -1.10. The van der Waals surface area contributed by atoms with E-state index in [0.717, 1.165) is 0 Å². The molecule has 0 radical (unpaired) electrons. The second-order valence-corrected chi connectivity index (χ2v) is 2.56. The highest BCUT2D eigenvalue weighted by Gasteiger charge is 2.00. The number of benzene rings is 1. The Bertz CT molecular complexity index is 228. The van der Waals surface area contributed by atoms with Gasteiger partial charge >= 0.3 is 0 Å². The Balaban J connectivity index is 2.32. The highest BCUT2D eigenvalue weighted by Crippen LogP contribution is 2.09. The maximum Gasteiger partial charge on any atom is 0.150 e. The first-order valence-electron chi connectivity index (χ1n) is 4.13. The van der Waals surface area contributed by atoms with E-state index in [2.05, 4.69) is 0 Å². The van der Waals surface area contributed by atoms with Gasteiger partial charge in [0.05, 0.1) is 6.54 Å². The first-order chi connectivity index (χ1) is 6.33. The predicted molar refractivity (Wildman–Crippen MR) is 47.3 cm³/mol. The lowest BCUT2D eigenvalue weighted by Gasteiger charge is -2.14. The fourth-order valence-electron chi connectivity index (χ4n) is 0.855. The van der Waals surface area contributed by atoms with Crippen LogP contribution in [0.3, 0.4) is 0 Å². The molecule has 1 aromatic rings. The molecule has 1 aromatic carbocycles. The monoisotopic (exact) mass is 183 g/mol. The summed E-state index contributed by atoms with van der Waals surface area (Å²) in [7, 11) is 0.